The number of nitrogens with one attached hydrogen (secondary N) is 1. The van der Waals surface area contributed by atoms with Crippen LogP contribution >= 0.6 is 0 Å². The lowest BCUT2D eigenvalue weighted by molar-refractivity contribution is 0.0483. The Bertz CT molecular complexity index is 347. The summed E-state index contributed by atoms with van der Waals surface area (Å²) in [5, 5.41) is 2.89. The zero-order chi connectivity index (χ0) is 15.6. The first-order valence-corrected chi connectivity index (χ1v) is 7.64. The van der Waals surface area contributed by atoms with Crippen LogP contribution in [0.15, 0.2) is 0 Å². The average Bonchev–Trinajstić information content (AvgIpc) is 2.65. The van der Waals surface area contributed by atoms with Crippen LogP contribution in [0.25, 0.3) is 0 Å². The number of rotatable bonds is 4. The van der Waals surface area contributed by atoms with Gasteiger partial charge in [-0.25, -0.2) is 4.79 Å². The molecular weight excluding hydrogens is 252 g/mol. The van der Waals surface area contributed by atoms with Gasteiger partial charge in [-0.05, 0) is 57.9 Å². The number of hydrogen-bond acceptors (Lipinski definition) is 3. The molecule has 2 unspecified atom stereocenters. The number of hydrogen-bond donors (Lipinski definition) is 2. The molecule has 4 nitrogen and oxygen atoms in total. The van der Waals surface area contributed by atoms with Gasteiger partial charge in [0.25, 0.3) is 0 Å². The van der Waals surface area contributed by atoms with Crippen LogP contribution in [0.5, 0.6) is 0 Å². The maximum Gasteiger partial charge on any atom is 0.407 e. The molecular formula is C16H32N2O2. The number of amides is 1. The Labute approximate surface area is 123 Å². The summed E-state index contributed by atoms with van der Waals surface area (Å²) in [5.41, 5.74) is 5.88. The summed E-state index contributed by atoms with van der Waals surface area (Å²) in [7, 11) is 0. The van der Waals surface area contributed by atoms with E-state index in [0.717, 1.165) is 0 Å². The number of ether oxygens (including phenoxy) is 1. The lowest BCUT2D eigenvalue weighted by Crippen LogP contribution is -2.46. The predicted molar refractivity (Wildman–Crippen MR) is 82.5 cm³/mol. The number of carbonyl (C=O) groups excluding carboxylic acids is 1. The standard InChI is InChI=1S/C16H32N2O2/c1-14(2,3)20-13(19)18-11-16(6,10-17)12-7-8-15(4,5)9-12/h12H,7-11,17H2,1-6H3,(H,18,19). The van der Waals surface area contributed by atoms with Crippen molar-refractivity contribution in [3.63, 3.8) is 0 Å². The number of carbonyl (C=O) groups is 1. The van der Waals surface area contributed by atoms with Crippen molar-refractivity contribution in [3.05, 3.63) is 0 Å². The Morgan fingerprint density at radius 1 is 1.35 bits per heavy atom. The van der Waals surface area contributed by atoms with Gasteiger partial charge in [0.1, 0.15) is 5.60 Å². The molecule has 1 aliphatic rings. The van der Waals surface area contributed by atoms with Crippen molar-refractivity contribution < 1.29 is 9.53 Å². The van der Waals surface area contributed by atoms with E-state index in [9.17, 15) is 4.79 Å². The van der Waals surface area contributed by atoms with Gasteiger partial charge in [0.15, 0.2) is 0 Å². The van der Waals surface area contributed by atoms with Crippen LogP contribution < -0.4 is 11.1 Å². The maximum atomic E-state index is 11.8. The van der Waals surface area contributed by atoms with Gasteiger partial charge < -0.3 is 15.8 Å². The van der Waals surface area contributed by atoms with Gasteiger partial charge in [0, 0.05) is 12.0 Å². The summed E-state index contributed by atoms with van der Waals surface area (Å²) in [5.74, 6) is 0.567. The fourth-order valence-corrected chi connectivity index (χ4v) is 3.00. The van der Waals surface area contributed by atoms with Crippen LogP contribution in [0.4, 0.5) is 4.79 Å². The normalized spacial score (nSPS) is 25.1. The van der Waals surface area contributed by atoms with E-state index in [4.69, 9.17) is 10.5 Å². The number of alkyl carbamates (subject to hydrolysis) is 1. The third-order valence-corrected chi connectivity index (χ3v) is 4.46. The molecule has 0 spiro atoms. The molecule has 2 atom stereocenters. The fraction of sp³-hybridized carbons (Fsp3) is 0.938. The molecule has 3 N–H and O–H groups in total. The first-order chi connectivity index (χ1) is 8.97. The van der Waals surface area contributed by atoms with E-state index in [1.807, 2.05) is 20.8 Å². The quantitative estimate of drug-likeness (QED) is 0.832. The summed E-state index contributed by atoms with van der Waals surface area (Å²) >= 11 is 0. The molecule has 1 fully saturated rings. The molecule has 1 rings (SSSR count). The lowest BCUT2D eigenvalue weighted by Gasteiger charge is -2.35. The van der Waals surface area contributed by atoms with E-state index >= 15 is 0 Å². The highest BCUT2D eigenvalue weighted by atomic mass is 16.6. The fourth-order valence-electron chi connectivity index (χ4n) is 3.00. The maximum absolute atomic E-state index is 11.8. The molecule has 4 heteroatoms. The van der Waals surface area contributed by atoms with E-state index in [2.05, 4.69) is 26.1 Å². The SMILES string of the molecule is CC1(C)CCC(C(C)(CN)CNC(=O)OC(C)(C)C)C1. The van der Waals surface area contributed by atoms with E-state index < -0.39 is 5.60 Å². The Balaban J connectivity index is 2.56. The summed E-state index contributed by atoms with van der Waals surface area (Å²) < 4.78 is 5.29. The molecule has 1 amide bonds. The van der Waals surface area contributed by atoms with Crippen LogP contribution in [0, 0.1) is 16.7 Å². The molecule has 20 heavy (non-hydrogen) atoms. The lowest BCUT2D eigenvalue weighted by atomic mass is 9.74. The van der Waals surface area contributed by atoms with E-state index in [0.29, 0.717) is 24.4 Å². The smallest absolute Gasteiger partial charge is 0.407 e. The van der Waals surface area contributed by atoms with Gasteiger partial charge in [-0.2, -0.15) is 0 Å². The van der Waals surface area contributed by atoms with Crippen molar-refractivity contribution in [2.45, 2.75) is 66.4 Å². The van der Waals surface area contributed by atoms with Crippen LogP contribution in [0.3, 0.4) is 0 Å². The minimum Gasteiger partial charge on any atom is -0.444 e. The van der Waals surface area contributed by atoms with E-state index in [1.165, 1.54) is 19.3 Å². The van der Waals surface area contributed by atoms with Crippen LogP contribution in [0.1, 0.15) is 60.8 Å². The zero-order valence-corrected chi connectivity index (χ0v) is 14.0. The van der Waals surface area contributed by atoms with Gasteiger partial charge >= 0.3 is 6.09 Å². The molecule has 0 saturated heterocycles. The molecule has 0 heterocycles. The summed E-state index contributed by atoms with van der Waals surface area (Å²) in [4.78, 5) is 11.8. The topological polar surface area (TPSA) is 64.3 Å². The summed E-state index contributed by atoms with van der Waals surface area (Å²) in [6, 6.07) is 0. The molecule has 0 aromatic rings. The van der Waals surface area contributed by atoms with Crippen molar-refractivity contribution in [2.24, 2.45) is 22.5 Å². The third-order valence-electron chi connectivity index (χ3n) is 4.46. The first kappa shape index (κ1) is 17.3. The Hall–Kier alpha value is -0.770. The van der Waals surface area contributed by atoms with E-state index in [1.54, 1.807) is 0 Å². The highest BCUT2D eigenvalue weighted by Gasteiger charge is 2.41. The van der Waals surface area contributed by atoms with Gasteiger partial charge in [0.2, 0.25) is 0 Å². The largest absolute Gasteiger partial charge is 0.444 e. The van der Waals surface area contributed by atoms with Crippen molar-refractivity contribution in [1.29, 1.82) is 0 Å². The van der Waals surface area contributed by atoms with Gasteiger partial charge in [-0.15, -0.1) is 0 Å². The molecule has 1 aliphatic carbocycles. The molecule has 0 aliphatic heterocycles. The van der Waals surface area contributed by atoms with Crippen LogP contribution in [-0.4, -0.2) is 24.8 Å². The summed E-state index contributed by atoms with van der Waals surface area (Å²) in [6.45, 7) is 13.6. The molecule has 118 valence electrons. The van der Waals surface area contributed by atoms with Crippen LogP contribution in [-0.2, 0) is 4.74 Å². The average molecular weight is 284 g/mol. The zero-order valence-electron chi connectivity index (χ0n) is 14.0. The Morgan fingerprint density at radius 2 is 1.95 bits per heavy atom. The predicted octanol–water partition coefficient (Wildman–Crippen LogP) is 3.30. The second-order valence-electron chi connectivity index (χ2n) is 8.32. The van der Waals surface area contributed by atoms with Crippen molar-refractivity contribution in [3.8, 4) is 0 Å². The van der Waals surface area contributed by atoms with Crippen LogP contribution in [0.2, 0.25) is 0 Å². The second-order valence-corrected chi connectivity index (χ2v) is 8.32. The monoisotopic (exact) mass is 284 g/mol. The first-order valence-electron chi connectivity index (χ1n) is 7.64. The molecule has 0 aromatic heterocycles. The molecule has 1 saturated carbocycles. The minimum atomic E-state index is -0.460. The van der Waals surface area contributed by atoms with Crippen molar-refractivity contribution in [1.82, 2.24) is 5.32 Å². The molecule has 0 aromatic carbocycles. The van der Waals surface area contributed by atoms with Gasteiger partial charge in [-0.1, -0.05) is 20.8 Å². The molecule has 0 bridgehead atoms. The molecule has 0 radical (unpaired) electrons. The minimum absolute atomic E-state index is 0.0509. The third kappa shape index (κ3) is 4.97. The van der Waals surface area contributed by atoms with Gasteiger partial charge in [0.05, 0.1) is 0 Å². The van der Waals surface area contributed by atoms with E-state index in [-0.39, 0.29) is 11.5 Å². The highest BCUT2D eigenvalue weighted by molar-refractivity contribution is 5.67. The number of nitrogens with two attached hydrogens (primary N) is 1. The van der Waals surface area contributed by atoms with Crippen molar-refractivity contribution >= 4 is 6.09 Å². The summed E-state index contributed by atoms with van der Waals surface area (Å²) in [6.07, 6.45) is 3.25. The Morgan fingerprint density at radius 3 is 2.35 bits per heavy atom. The van der Waals surface area contributed by atoms with Crippen molar-refractivity contribution in [2.75, 3.05) is 13.1 Å². The van der Waals surface area contributed by atoms with Gasteiger partial charge in [-0.3, -0.25) is 0 Å². The Kier molecular flexibility index (Phi) is 5.12. The second kappa shape index (κ2) is 5.92. The highest BCUT2D eigenvalue weighted by Crippen LogP contribution is 2.48.